The van der Waals surface area contributed by atoms with E-state index in [0.29, 0.717) is 17.4 Å². The van der Waals surface area contributed by atoms with Gasteiger partial charge < -0.3 is 9.88 Å². The van der Waals surface area contributed by atoms with Gasteiger partial charge in [0.25, 0.3) is 5.91 Å². The molecule has 4 aromatic carbocycles. The molecule has 0 aliphatic carbocycles. The number of amides is 1. The van der Waals surface area contributed by atoms with Crippen LogP contribution in [0.4, 0.5) is 0 Å². The summed E-state index contributed by atoms with van der Waals surface area (Å²) in [5, 5.41) is 4.50. The first-order valence-corrected chi connectivity index (χ1v) is 15.3. The third-order valence-electron chi connectivity index (χ3n) is 8.30. The number of aromatic nitrogens is 1. The third kappa shape index (κ3) is 7.61. The Morgan fingerprint density at radius 2 is 1.41 bits per heavy atom. The predicted molar refractivity (Wildman–Crippen MR) is 178 cm³/mol. The van der Waals surface area contributed by atoms with Crippen LogP contribution in [0, 0.1) is 19.8 Å². The van der Waals surface area contributed by atoms with Crippen LogP contribution in [0.3, 0.4) is 0 Å². The molecule has 0 spiro atoms. The predicted octanol–water partition coefficient (Wildman–Crippen LogP) is 9.03. The van der Waals surface area contributed by atoms with E-state index in [1.54, 1.807) is 0 Å². The second-order valence-corrected chi connectivity index (χ2v) is 12.2. The lowest BCUT2D eigenvalue weighted by atomic mass is 9.93. The van der Waals surface area contributed by atoms with Gasteiger partial charge in [-0.3, -0.25) is 4.79 Å². The van der Waals surface area contributed by atoms with Crippen LogP contribution in [-0.4, -0.2) is 16.6 Å². The highest BCUT2D eigenvalue weighted by Crippen LogP contribution is 2.29. The molecule has 0 fully saturated rings. The first kappa shape index (κ1) is 32.2. The average Bonchev–Trinajstić information content (AvgIpc) is 3.26. The molecule has 1 atom stereocenters. The van der Waals surface area contributed by atoms with E-state index in [9.17, 15) is 4.79 Å². The van der Waals surface area contributed by atoms with Crippen molar-refractivity contribution < 1.29 is 14.4 Å². The van der Waals surface area contributed by atoms with Crippen molar-refractivity contribution in [1.82, 2.24) is 9.88 Å². The van der Waals surface area contributed by atoms with Gasteiger partial charge in [0.05, 0.1) is 6.04 Å². The largest absolute Gasteiger partial charge is 0.373 e. The third-order valence-corrected chi connectivity index (χ3v) is 8.30. The van der Waals surface area contributed by atoms with Gasteiger partial charge in [-0.25, -0.2) is 0 Å². The smallest absolute Gasteiger partial charge is 0.345 e. The van der Waals surface area contributed by atoms with Crippen molar-refractivity contribution in [2.45, 2.75) is 66.5 Å². The van der Waals surface area contributed by atoms with Crippen LogP contribution in [0.25, 0.3) is 22.0 Å². The Hall–Kier alpha value is -4.73. The molecule has 226 valence electrons. The van der Waals surface area contributed by atoms with Crippen molar-refractivity contribution in [3.63, 3.8) is 0 Å². The molecule has 1 amide bonds. The fourth-order valence-electron chi connectivity index (χ4n) is 5.74. The fourth-order valence-corrected chi connectivity index (χ4v) is 5.74. The molecule has 0 radical (unpaired) electrons. The monoisotopic (exact) mass is 586 g/mol. The summed E-state index contributed by atoms with van der Waals surface area (Å²) in [6, 6.07) is 34.1. The minimum Gasteiger partial charge on any atom is -0.345 e. The SMILES string of the molecule is Cc1c(C)n(Cc2ccc(-c3ccccc3)cc2)c2ccc(C(=O)N[C@@H](CC(C)C)c3cccc(C(C)C)c3)cc12.O=C=O. The van der Waals surface area contributed by atoms with E-state index in [4.69, 9.17) is 9.59 Å². The molecular weight excluding hydrogens is 544 g/mol. The summed E-state index contributed by atoms with van der Waals surface area (Å²) in [4.78, 5) is 29.8. The van der Waals surface area contributed by atoms with Gasteiger partial charge in [-0.15, -0.1) is 0 Å². The molecule has 5 nitrogen and oxygen atoms in total. The van der Waals surface area contributed by atoms with Crippen molar-refractivity contribution in [2.24, 2.45) is 5.92 Å². The zero-order valence-corrected chi connectivity index (χ0v) is 26.6. The van der Waals surface area contributed by atoms with Gasteiger partial charge in [-0.05, 0) is 83.7 Å². The number of nitrogens with one attached hydrogen (secondary N) is 1. The maximum Gasteiger partial charge on any atom is 0.373 e. The molecule has 0 unspecified atom stereocenters. The lowest BCUT2D eigenvalue weighted by molar-refractivity contribution is -0.191. The molecule has 0 aliphatic rings. The molecule has 5 heteroatoms. The molecule has 0 saturated heterocycles. The van der Waals surface area contributed by atoms with E-state index in [-0.39, 0.29) is 18.1 Å². The highest BCUT2D eigenvalue weighted by atomic mass is 16.2. The first-order valence-electron chi connectivity index (χ1n) is 15.3. The van der Waals surface area contributed by atoms with E-state index in [2.05, 4.69) is 136 Å². The van der Waals surface area contributed by atoms with Crippen LogP contribution in [0.2, 0.25) is 0 Å². The molecule has 1 heterocycles. The average molecular weight is 587 g/mol. The number of carbonyl (C=O) groups is 1. The van der Waals surface area contributed by atoms with Crippen molar-refractivity contribution >= 4 is 23.0 Å². The Balaban J connectivity index is 0.00000141. The molecule has 5 rings (SSSR count). The standard InChI is InChI=1S/C38H42N2O.CO2/c1-25(2)21-36(33-14-10-13-32(22-33)26(3)4)39-38(41)34-19-20-37-35(23-34)27(5)28(6)40(37)24-29-15-17-31(18-16-29)30-11-8-7-9-12-30;2-1-3/h7-20,22-23,25-26,36H,21,24H2,1-6H3,(H,39,41);/t36-;/m0./s1. The summed E-state index contributed by atoms with van der Waals surface area (Å²) in [5.74, 6) is 0.893. The van der Waals surface area contributed by atoms with Crippen molar-refractivity contribution in [3.05, 3.63) is 131 Å². The molecular formula is C39H42N2O3. The number of rotatable bonds is 9. The minimum absolute atomic E-state index is 0.0196. The molecule has 0 aliphatic heterocycles. The maximum absolute atomic E-state index is 13.6. The zero-order valence-electron chi connectivity index (χ0n) is 26.6. The zero-order chi connectivity index (χ0) is 31.8. The number of hydrogen-bond donors (Lipinski definition) is 1. The molecule has 0 saturated carbocycles. The second-order valence-electron chi connectivity index (χ2n) is 12.2. The van der Waals surface area contributed by atoms with Crippen molar-refractivity contribution in [1.29, 1.82) is 0 Å². The van der Waals surface area contributed by atoms with Crippen molar-refractivity contribution in [3.8, 4) is 11.1 Å². The lowest BCUT2D eigenvalue weighted by Crippen LogP contribution is -2.29. The fraction of sp³-hybridized carbons (Fsp3) is 0.282. The summed E-state index contributed by atoms with van der Waals surface area (Å²) in [6.07, 6.45) is 1.15. The summed E-state index contributed by atoms with van der Waals surface area (Å²) < 4.78 is 2.36. The Labute approximate surface area is 260 Å². The van der Waals surface area contributed by atoms with Crippen LogP contribution in [0.1, 0.15) is 84.4 Å². The quantitative estimate of drug-likeness (QED) is 0.187. The van der Waals surface area contributed by atoms with E-state index in [1.165, 1.54) is 39.1 Å². The van der Waals surface area contributed by atoms with Gasteiger partial charge in [-0.1, -0.05) is 107 Å². The van der Waals surface area contributed by atoms with Crippen LogP contribution in [-0.2, 0) is 16.1 Å². The molecule has 5 aromatic rings. The van der Waals surface area contributed by atoms with E-state index < -0.39 is 0 Å². The maximum atomic E-state index is 13.6. The van der Waals surface area contributed by atoms with Gasteiger partial charge in [-0.2, -0.15) is 9.59 Å². The Morgan fingerprint density at radius 3 is 2.05 bits per heavy atom. The van der Waals surface area contributed by atoms with Crippen molar-refractivity contribution in [2.75, 3.05) is 0 Å². The van der Waals surface area contributed by atoms with E-state index in [0.717, 1.165) is 23.9 Å². The summed E-state index contributed by atoms with van der Waals surface area (Å²) >= 11 is 0. The second kappa shape index (κ2) is 14.6. The van der Waals surface area contributed by atoms with Gasteiger partial charge in [0.1, 0.15) is 0 Å². The molecule has 44 heavy (non-hydrogen) atoms. The Morgan fingerprint density at radius 1 is 0.773 bits per heavy atom. The number of aryl methyl sites for hydroxylation is 1. The number of carbonyl (C=O) groups excluding carboxylic acids is 3. The van der Waals surface area contributed by atoms with Gasteiger partial charge in [0, 0.05) is 28.7 Å². The van der Waals surface area contributed by atoms with E-state index >= 15 is 0 Å². The normalized spacial score (nSPS) is 11.6. The number of fused-ring (bicyclic) bond motifs is 1. The summed E-state index contributed by atoms with van der Waals surface area (Å²) in [7, 11) is 0. The van der Waals surface area contributed by atoms with Gasteiger partial charge >= 0.3 is 6.15 Å². The molecule has 1 N–H and O–H groups in total. The van der Waals surface area contributed by atoms with Crippen LogP contribution < -0.4 is 5.32 Å². The number of benzene rings is 4. The highest BCUT2D eigenvalue weighted by Gasteiger charge is 2.20. The number of nitrogens with zero attached hydrogens (tertiary/aromatic N) is 1. The Bertz CT molecular complexity index is 1740. The minimum atomic E-state index is -0.0248. The van der Waals surface area contributed by atoms with Gasteiger partial charge in [0.2, 0.25) is 0 Å². The van der Waals surface area contributed by atoms with Crippen LogP contribution in [0.5, 0.6) is 0 Å². The summed E-state index contributed by atoms with van der Waals surface area (Å²) in [6.45, 7) is 14.0. The highest BCUT2D eigenvalue weighted by molar-refractivity contribution is 5.99. The van der Waals surface area contributed by atoms with Crippen LogP contribution >= 0.6 is 0 Å². The van der Waals surface area contributed by atoms with Crippen LogP contribution in [0.15, 0.2) is 97.1 Å². The lowest BCUT2D eigenvalue weighted by Gasteiger charge is -2.22. The van der Waals surface area contributed by atoms with E-state index in [1.807, 2.05) is 12.1 Å². The topological polar surface area (TPSA) is 68.2 Å². The van der Waals surface area contributed by atoms with Gasteiger partial charge in [0.15, 0.2) is 0 Å². The summed E-state index contributed by atoms with van der Waals surface area (Å²) in [5.41, 5.74) is 10.5. The molecule has 1 aromatic heterocycles. The first-order chi connectivity index (χ1) is 21.1. The Kier molecular flexibility index (Phi) is 10.7. The number of hydrogen-bond acceptors (Lipinski definition) is 3. The molecule has 0 bridgehead atoms.